The minimum atomic E-state index is -0.667. The number of benzene rings is 1. The molecule has 0 aliphatic heterocycles. The number of esters is 1. The lowest BCUT2D eigenvalue weighted by Gasteiger charge is -2.15. The van der Waals surface area contributed by atoms with E-state index in [-0.39, 0.29) is 5.92 Å². The van der Waals surface area contributed by atoms with Crippen LogP contribution in [-0.2, 0) is 9.53 Å². The molecule has 0 saturated carbocycles. The van der Waals surface area contributed by atoms with Crippen LogP contribution < -0.4 is 10.6 Å². The fraction of sp³-hybridized carbons (Fsp3) is 0.500. The van der Waals surface area contributed by atoms with Crippen LogP contribution in [-0.4, -0.2) is 31.1 Å². The second-order valence-electron chi connectivity index (χ2n) is 6.14. The molecule has 24 heavy (non-hydrogen) atoms. The monoisotopic (exact) mass is 334 g/mol. The molecule has 6 heteroatoms. The van der Waals surface area contributed by atoms with Gasteiger partial charge in [0.05, 0.1) is 5.56 Å². The standard InChI is InChI=1S/C18H26N2O4/c1-6-19-18(23)20-16(21)10-24-17(22)14-8-7-13(11(2)3)9-15(14)12(4)5/h7-9,11-12H,6,10H2,1-5H3,(H2,19,20,21,23). The number of carbonyl (C=O) groups excluding carboxylic acids is 3. The average molecular weight is 334 g/mol. The molecule has 1 aromatic rings. The lowest BCUT2D eigenvalue weighted by Crippen LogP contribution is -2.41. The van der Waals surface area contributed by atoms with Crippen molar-refractivity contribution in [3.63, 3.8) is 0 Å². The zero-order valence-corrected chi connectivity index (χ0v) is 14.9. The Morgan fingerprint density at radius 3 is 2.29 bits per heavy atom. The van der Waals surface area contributed by atoms with E-state index in [0.717, 1.165) is 11.1 Å². The van der Waals surface area contributed by atoms with E-state index in [0.29, 0.717) is 18.0 Å². The topological polar surface area (TPSA) is 84.5 Å². The summed E-state index contributed by atoms with van der Waals surface area (Å²) in [5.41, 5.74) is 2.47. The molecule has 0 heterocycles. The van der Waals surface area contributed by atoms with Crippen molar-refractivity contribution < 1.29 is 19.1 Å². The summed E-state index contributed by atoms with van der Waals surface area (Å²) in [5, 5.41) is 4.51. The molecule has 0 fully saturated rings. The normalized spacial score (nSPS) is 10.6. The highest BCUT2D eigenvalue weighted by Gasteiger charge is 2.18. The van der Waals surface area contributed by atoms with Crippen molar-refractivity contribution >= 4 is 17.9 Å². The molecule has 1 rings (SSSR count). The van der Waals surface area contributed by atoms with Crippen molar-refractivity contribution in [2.75, 3.05) is 13.2 Å². The van der Waals surface area contributed by atoms with Crippen LogP contribution in [0.5, 0.6) is 0 Å². The van der Waals surface area contributed by atoms with E-state index in [1.807, 2.05) is 26.0 Å². The van der Waals surface area contributed by atoms with Crippen molar-refractivity contribution in [1.82, 2.24) is 10.6 Å². The van der Waals surface area contributed by atoms with Gasteiger partial charge >= 0.3 is 12.0 Å². The van der Waals surface area contributed by atoms with Gasteiger partial charge in [0, 0.05) is 6.54 Å². The molecule has 2 N–H and O–H groups in total. The molecular formula is C18H26N2O4. The fourth-order valence-electron chi connectivity index (χ4n) is 2.18. The number of urea groups is 1. The Kier molecular flexibility index (Phi) is 7.42. The first-order valence-electron chi connectivity index (χ1n) is 8.14. The van der Waals surface area contributed by atoms with Crippen molar-refractivity contribution in [3.8, 4) is 0 Å². The van der Waals surface area contributed by atoms with Gasteiger partial charge in [-0.1, -0.05) is 39.8 Å². The Balaban J connectivity index is 2.77. The van der Waals surface area contributed by atoms with Crippen LogP contribution in [0, 0.1) is 0 Å². The number of imide groups is 1. The Hall–Kier alpha value is -2.37. The minimum Gasteiger partial charge on any atom is -0.452 e. The molecule has 0 spiro atoms. The summed E-state index contributed by atoms with van der Waals surface area (Å²) in [4.78, 5) is 35.1. The predicted octanol–water partition coefficient (Wildman–Crippen LogP) is 2.94. The highest BCUT2D eigenvalue weighted by Crippen LogP contribution is 2.25. The molecule has 132 valence electrons. The molecule has 0 bridgehead atoms. The third-order valence-corrected chi connectivity index (χ3v) is 3.51. The molecule has 0 atom stereocenters. The van der Waals surface area contributed by atoms with Gasteiger partial charge in [-0.05, 0) is 36.0 Å². The maximum absolute atomic E-state index is 12.3. The number of carbonyl (C=O) groups is 3. The van der Waals surface area contributed by atoms with Crippen molar-refractivity contribution in [3.05, 3.63) is 34.9 Å². The Morgan fingerprint density at radius 2 is 1.75 bits per heavy atom. The van der Waals surface area contributed by atoms with E-state index < -0.39 is 24.5 Å². The first-order chi connectivity index (χ1) is 11.3. The number of hydrogen-bond donors (Lipinski definition) is 2. The van der Waals surface area contributed by atoms with Gasteiger partial charge in [-0.15, -0.1) is 0 Å². The van der Waals surface area contributed by atoms with Gasteiger partial charge in [-0.25, -0.2) is 9.59 Å². The summed E-state index contributed by atoms with van der Waals surface area (Å²) in [6.07, 6.45) is 0. The SMILES string of the molecule is CCNC(=O)NC(=O)COC(=O)c1ccc(C(C)C)cc1C(C)C. The molecule has 1 aromatic carbocycles. The molecule has 0 aromatic heterocycles. The van der Waals surface area contributed by atoms with Crippen molar-refractivity contribution in [2.24, 2.45) is 0 Å². The van der Waals surface area contributed by atoms with Crippen LogP contribution in [0.1, 0.15) is 67.9 Å². The summed E-state index contributed by atoms with van der Waals surface area (Å²) >= 11 is 0. The first-order valence-corrected chi connectivity index (χ1v) is 8.14. The number of hydrogen-bond acceptors (Lipinski definition) is 4. The second-order valence-corrected chi connectivity index (χ2v) is 6.14. The predicted molar refractivity (Wildman–Crippen MR) is 92.1 cm³/mol. The number of rotatable bonds is 6. The smallest absolute Gasteiger partial charge is 0.338 e. The lowest BCUT2D eigenvalue weighted by molar-refractivity contribution is -0.123. The Bertz CT molecular complexity index is 609. The highest BCUT2D eigenvalue weighted by atomic mass is 16.5. The largest absolute Gasteiger partial charge is 0.452 e. The quantitative estimate of drug-likeness (QED) is 0.783. The second kappa shape index (κ2) is 9.05. The lowest BCUT2D eigenvalue weighted by atomic mass is 9.91. The van der Waals surface area contributed by atoms with E-state index in [2.05, 4.69) is 24.5 Å². The van der Waals surface area contributed by atoms with E-state index in [4.69, 9.17) is 4.74 Å². The number of nitrogens with one attached hydrogen (secondary N) is 2. The molecule has 0 radical (unpaired) electrons. The van der Waals surface area contributed by atoms with Crippen molar-refractivity contribution in [1.29, 1.82) is 0 Å². The molecule has 6 nitrogen and oxygen atoms in total. The molecule has 0 aliphatic carbocycles. The van der Waals surface area contributed by atoms with Crippen LogP contribution in [0.3, 0.4) is 0 Å². The highest BCUT2D eigenvalue weighted by molar-refractivity contribution is 5.97. The fourth-order valence-corrected chi connectivity index (χ4v) is 2.18. The van der Waals surface area contributed by atoms with Gasteiger partial charge in [0.2, 0.25) is 0 Å². The Morgan fingerprint density at radius 1 is 1.08 bits per heavy atom. The van der Waals surface area contributed by atoms with E-state index in [1.165, 1.54) is 0 Å². The van der Waals surface area contributed by atoms with Crippen LogP contribution in [0.15, 0.2) is 18.2 Å². The summed E-state index contributed by atoms with van der Waals surface area (Å²) in [6, 6.07) is 5.01. The molecule has 0 saturated heterocycles. The molecule has 3 amide bonds. The molecule has 0 unspecified atom stereocenters. The average Bonchev–Trinajstić information content (AvgIpc) is 2.52. The third-order valence-electron chi connectivity index (χ3n) is 3.51. The van der Waals surface area contributed by atoms with Gasteiger partial charge in [-0.2, -0.15) is 0 Å². The zero-order chi connectivity index (χ0) is 18.3. The molecular weight excluding hydrogens is 308 g/mol. The van der Waals surface area contributed by atoms with E-state index in [9.17, 15) is 14.4 Å². The van der Waals surface area contributed by atoms with Crippen LogP contribution in [0.2, 0.25) is 0 Å². The van der Waals surface area contributed by atoms with Crippen LogP contribution in [0.4, 0.5) is 4.79 Å². The maximum Gasteiger partial charge on any atom is 0.338 e. The van der Waals surface area contributed by atoms with E-state index >= 15 is 0 Å². The Labute approximate surface area is 143 Å². The number of amides is 3. The molecule has 0 aliphatic rings. The van der Waals surface area contributed by atoms with E-state index in [1.54, 1.807) is 13.0 Å². The summed E-state index contributed by atoms with van der Waals surface area (Å²) in [7, 11) is 0. The van der Waals surface area contributed by atoms with Gasteiger partial charge in [0.1, 0.15) is 0 Å². The summed E-state index contributed by atoms with van der Waals surface area (Å²) in [6.45, 7) is 9.80. The van der Waals surface area contributed by atoms with Crippen LogP contribution >= 0.6 is 0 Å². The number of ether oxygens (including phenoxy) is 1. The minimum absolute atomic E-state index is 0.149. The van der Waals surface area contributed by atoms with Gasteiger partial charge in [-0.3, -0.25) is 10.1 Å². The van der Waals surface area contributed by atoms with Gasteiger partial charge in [0.15, 0.2) is 6.61 Å². The van der Waals surface area contributed by atoms with Gasteiger partial charge < -0.3 is 10.1 Å². The summed E-state index contributed by atoms with van der Waals surface area (Å²) < 4.78 is 5.03. The third kappa shape index (κ3) is 5.68. The zero-order valence-electron chi connectivity index (χ0n) is 14.9. The van der Waals surface area contributed by atoms with Gasteiger partial charge in [0.25, 0.3) is 5.91 Å². The first kappa shape index (κ1) is 19.7. The summed E-state index contributed by atoms with van der Waals surface area (Å²) in [5.74, 6) is -0.731. The van der Waals surface area contributed by atoms with Crippen LogP contribution in [0.25, 0.3) is 0 Å². The maximum atomic E-state index is 12.3. The van der Waals surface area contributed by atoms with Crippen molar-refractivity contribution in [2.45, 2.75) is 46.5 Å².